The number of hydrogen-bond donors (Lipinski definition) is 1. The molecule has 2 nitrogen and oxygen atoms in total. The smallest absolute Gasteiger partial charge is 0.222 e. The van der Waals surface area contributed by atoms with Crippen molar-refractivity contribution in [1.29, 1.82) is 0 Å². The van der Waals surface area contributed by atoms with Crippen LogP contribution >= 0.6 is 7.37 Å². The third kappa shape index (κ3) is 4.78. The van der Waals surface area contributed by atoms with Gasteiger partial charge in [-0.25, -0.2) is 0 Å². The molecule has 0 aromatic heterocycles. The van der Waals surface area contributed by atoms with E-state index < -0.39 is 7.37 Å². The van der Waals surface area contributed by atoms with Crippen LogP contribution in [0, 0.1) is 5.92 Å². The van der Waals surface area contributed by atoms with E-state index in [-0.39, 0.29) is 5.92 Å². The van der Waals surface area contributed by atoms with E-state index in [1.54, 1.807) is 13.0 Å². The lowest BCUT2D eigenvalue weighted by Crippen LogP contribution is -1.94. The predicted octanol–water partition coefficient (Wildman–Crippen LogP) is 2.45. The molecule has 0 heterocycles. The van der Waals surface area contributed by atoms with Crippen molar-refractivity contribution >= 4 is 7.37 Å². The van der Waals surface area contributed by atoms with E-state index >= 15 is 0 Å². The summed E-state index contributed by atoms with van der Waals surface area (Å²) in [6.07, 6.45) is 2.01. The normalized spacial score (nSPS) is 18.1. The highest BCUT2D eigenvalue weighted by Crippen LogP contribution is 2.43. The summed E-state index contributed by atoms with van der Waals surface area (Å²) in [4.78, 5) is 9.15. The van der Waals surface area contributed by atoms with E-state index in [0.29, 0.717) is 6.16 Å². The summed E-state index contributed by atoms with van der Waals surface area (Å²) in [6, 6.07) is 0. The van der Waals surface area contributed by atoms with Gasteiger partial charge in [0.25, 0.3) is 0 Å². The number of rotatable bonds is 3. The molecule has 0 amide bonds. The third-order valence-electron chi connectivity index (χ3n) is 1.01. The highest BCUT2D eigenvalue weighted by atomic mass is 31.2. The molecule has 60 valence electrons. The molecule has 1 N–H and O–H groups in total. The van der Waals surface area contributed by atoms with Crippen LogP contribution in [-0.4, -0.2) is 11.1 Å². The van der Waals surface area contributed by atoms with Crippen LogP contribution in [0.4, 0.5) is 0 Å². The van der Waals surface area contributed by atoms with Gasteiger partial charge in [-0.05, 0) is 18.7 Å². The van der Waals surface area contributed by atoms with Crippen molar-refractivity contribution < 1.29 is 9.46 Å². The third-order valence-corrected chi connectivity index (χ3v) is 3.03. The lowest BCUT2D eigenvalue weighted by molar-refractivity contribution is 0.479. The zero-order valence-electron chi connectivity index (χ0n) is 6.74. The van der Waals surface area contributed by atoms with Crippen LogP contribution in [-0.2, 0) is 4.57 Å². The Labute approximate surface area is 62.4 Å². The van der Waals surface area contributed by atoms with Crippen molar-refractivity contribution in [3.8, 4) is 0 Å². The average molecular weight is 162 g/mol. The first-order chi connectivity index (χ1) is 4.48. The van der Waals surface area contributed by atoms with Crippen LogP contribution in [0.3, 0.4) is 0 Å². The summed E-state index contributed by atoms with van der Waals surface area (Å²) in [5.41, 5.74) is 0. The van der Waals surface area contributed by atoms with E-state index in [9.17, 15) is 4.57 Å². The molecule has 0 saturated heterocycles. The molecular formula is C7H15O2P. The quantitative estimate of drug-likeness (QED) is 0.647. The zero-order chi connectivity index (χ0) is 8.20. The molecule has 0 aliphatic rings. The van der Waals surface area contributed by atoms with Gasteiger partial charge in [-0.15, -0.1) is 0 Å². The van der Waals surface area contributed by atoms with Crippen molar-refractivity contribution in [3.05, 3.63) is 11.9 Å². The molecule has 0 saturated carbocycles. The number of hydrogen-bond acceptors (Lipinski definition) is 1. The first-order valence-corrected chi connectivity index (χ1v) is 5.34. The Balaban J connectivity index is 4.01. The van der Waals surface area contributed by atoms with Crippen LogP contribution in [0.5, 0.6) is 0 Å². The van der Waals surface area contributed by atoms with Crippen LogP contribution < -0.4 is 0 Å². The van der Waals surface area contributed by atoms with Crippen molar-refractivity contribution in [3.63, 3.8) is 0 Å². The van der Waals surface area contributed by atoms with Crippen LogP contribution in [0.25, 0.3) is 0 Å². The Bertz CT molecular complexity index is 161. The van der Waals surface area contributed by atoms with E-state index in [2.05, 4.69) is 0 Å². The molecule has 0 aromatic rings. The van der Waals surface area contributed by atoms with Crippen LogP contribution in [0.1, 0.15) is 20.8 Å². The molecule has 1 unspecified atom stereocenters. The average Bonchev–Trinajstić information content (AvgIpc) is 1.59. The summed E-state index contributed by atoms with van der Waals surface area (Å²) in [7, 11) is -2.93. The molecule has 0 aliphatic heterocycles. The van der Waals surface area contributed by atoms with Gasteiger partial charge in [0.1, 0.15) is 0 Å². The summed E-state index contributed by atoms with van der Waals surface area (Å²) in [6.45, 7) is 5.63. The van der Waals surface area contributed by atoms with E-state index in [0.717, 1.165) is 0 Å². The van der Waals surface area contributed by atoms with Gasteiger partial charge in [-0.1, -0.05) is 19.9 Å². The van der Waals surface area contributed by atoms with Crippen molar-refractivity contribution in [2.24, 2.45) is 5.92 Å². The summed E-state index contributed by atoms with van der Waals surface area (Å²) in [5, 5.41) is 0. The van der Waals surface area contributed by atoms with E-state index in [1.807, 2.05) is 13.8 Å². The minimum atomic E-state index is -2.93. The second kappa shape index (κ2) is 3.95. The van der Waals surface area contributed by atoms with Gasteiger partial charge in [0.05, 0.1) is 0 Å². The second-order valence-corrected chi connectivity index (χ2v) is 4.99. The molecule has 0 fully saturated rings. The molecule has 0 radical (unpaired) electrons. The Morgan fingerprint density at radius 2 is 2.10 bits per heavy atom. The van der Waals surface area contributed by atoms with Crippen LogP contribution in [0.2, 0.25) is 0 Å². The molecule has 0 aromatic carbocycles. The molecule has 0 aliphatic carbocycles. The molecule has 0 spiro atoms. The summed E-state index contributed by atoms with van der Waals surface area (Å²) in [5.74, 6) is 1.68. The fourth-order valence-corrected chi connectivity index (χ4v) is 2.45. The minimum Gasteiger partial charge on any atom is -0.341 e. The SMILES string of the molecule is C/C=C\P(=O)(O)CC(C)C. The van der Waals surface area contributed by atoms with Gasteiger partial charge in [0, 0.05) is 6.16 Å². The van der Waals surface area contributed by atoms with Gasteiger partial charge < -0.3 is 4.89 Å². The summed E-state index contributed by atoms with van der Waals surface area (Å²) >= 11 is 0. The molecule has 0 rings (SSSR count). The number of allylic oxidation sites excluding steroid dienone is 1. The highest BCUT2D eigenvalue weighted by molar-refractivity contribution is 7.61. The maximum atomic E-state index is 11.1. The van der Waals surface area contributed by atoms with Crippen molar-refractivity contribution in [1.82, 2.24) is 0 Å². The van der Waals surface area contributed by atoms with Gasteiger partial charge in [-0.3, -0.25) is 4.57 Å². The minimum absolute atomic E-state index is 0.284. The van der Waals surface area contributed by atoms with Crippen LogP contribution in [0.15, 0.2) is 11.9 Å². The van der Waals surface area contributed by atoms with Gasteiger partial charge in [0.2, 0.25) is 7.37 Å². The molecular weight excluding hydrogens is 147 g/mol. The first-order valence-electron chi connectivity index (χ1n) is 3.43. The van der Waals surface area contributed by atoms with Gasteiger partial charge >= 0.3 is 0 Å². The Morgan fingerprint density at radius 1 is 1.60 bits per heavy atom. The van der Waals surface area contributed by atoms with Crippen molar-refractivity contribution in [2.75, 3.05) is 6.16 Å². The maximum absolute atomic E-state index is 11.1. The van der Waals surface area contributed by atoms with Gasteiger partial charge in [-0.2, -0.15) is 0 Å². The van der Waals surface area contributed by atoms with E-state index in [4.69, 9.17) is 4.89 Å². The monoisotopic (exact) mass is 162 g/mol. The highest BCUT2D eigenvalue weighted by Gasteiger charge is 2.14. The zero-order valence-corrected chi connectivity index (χ0v) is 7.64. The maximum Gasteiger partial charge on any atom is 0.222 e. The summed E-state index contributed by atoms with van der Waals surface area (Å²) < 4.78 is 11.1. The topological polar surface area (TPSA) is 37.3 Å². The molecule has 3 heteroatoms. The standard InChI is InChI=1S/C7H15O2P/c1-4-5-10(8,9)6-7(2)3/h4-5,7H,6H2,1-3H3,(H,8,9)/b5-4-. The second-order valence-electron chi connectivity index (χ2n) is 2.81. The molecule has 1 atom stereocenters. The molecule has 10 heavy (non-hydrogen) atoms. The predicted molar refractivity (Wildman–Crippen MR) is 44.3 cm³/mol. The lowest BCUT2D eigenvalue weighted by Gasteiger charge is -2.08. The fourth-order valence-electron chi connectivity index (χ4n) is 0.817. The Hall–Kier alpha value is -0.0700. The molecule has 0 bridgehead atoms. The first kappa shape index (κ1) is 9.93. The van der Waals surface area contributed by atoms with E-state index in [1.165, 1.54) is 5.82 Å². The largest absolute Gasteiger partial charge is 0.341 e. The van der Waals surface area contributed by atoms with Crippen molar-refractivity contribution in [2.45, 2.75) is 20.8 Å². The Kier molecular flexibility index (Phi) is 3.92. The lowest BCUT2D eigenvalue weighted by atomic mass is 10.3. The Morgan fingerprint density at radius 3 is 2.40 bits per heavy atom. The van der Waals surface area contributed by atoms with Gasteiger partial charge in [0.15, 0.2) is 0 Å². The fraction of sp³-hybridized carbons (Fsp3) is 0.714.